The molecular weight excluding hydrogens is 412 g/mol. The first kappa shape index (κ1) is 18.0. The van der Waals surface area contributed by atoms with Crippen LogP contribution in [0, 0.1) is 0 Å². The van der Waals surface area contributed by atoms with Gasteiger partial charge in [0.1, 0.15) is 12.4 Å². The van der Waals surface area contributed by atoms with Crippen molar-refractivity contribution in [3.05, 3.63) is 92.7 Å². The zero-order valence-corrected chi connectivity index (χ0v) is 17.1. The third-order valence-electron chi connectivity index (χ3n) is 5.17. The van der Waals surface area contributed by atoms with E-state index >= 15 is 0 Å². The van der Waals surface area contributed by atoms with Crippen molar-refractivity contribution in [2.75, 3.05) is 6.79 Å². The SMILES string of the molecule is O=c1/c(=C/c2ccc(OCc3ccc4c(c3)OCO4)cc2)sc2nc3ccccc3n12. The highest BCUT2D eigenvalue weighted by molar-refractivity contribution is 7.15. The molecule has 0 N–H and O–H groups in total. The van der Waals surface area contributed by atoms with Crippen LogP contribution in [0.2, 0.25) is 0 Å². The number of nitrogens with zero attached hydrogens (tertiary/aromatic N) is 2. The Morgan fingerprint density at radius 1 is 1.03 bits per heavy atom. The lowest BCUT2D eigenvalue weighted by Gasteiger charge is -2.07. The first-order valence-corrected chi connectivity index (χ1v) is 10.6. The van der Waals surface area contributed by atoms with Gasteiger partial charge in [-0.1, -0.05) is 41.7 Å². The molecule has 3 aromatic carbocycles. The maximum Gasteiger partial charge on any atom is 0.274 e. The molecule has 0 fully saturated rings. The molecule has 3 heterocycles. The maximum absolute atomic E-state index is 12.9. The second-order valence-electron chi connectivity index (χ2n) is 7.18. The van der Waals surface area contributed by atoms with Gasteiger partial charge in [-0.2, -0.15) is 0 Å². The van der Waals surface area contributed by atoms with Gasteiger partial charge in [0, 0.05) is 0 Å². The number of hydrogen-bond donors (Lipinski definition) is 0. The van der Waals surface area contributed by atoms with Crippen LogP contribution in [-0.4, -0.2) is 16.2 Å². The summed E-state index contributed by atoms with van der Waals surface area (Å²) in [6, 6.07) is 21.1. The number of thiazole rings is 1. The summed E-state index contributed by atoms with van der Waals surface area (Å²) >= 11 is 1.40. The molecule has 7 heteroatoms. The fourth-order valence-electron chi connectivity index (χ4n) is 3.62. The molecule has 0 atom stereocenters. The van der Waals surface area contributed by atoms with Gasteiger partial charge in [0.25, 0.3) is 5.56 Å². The molecule has 1 aliphatic heterocycles. The standard InChI is InChI=1S/C24H16N2O4S/c27-23-22(31-24-25-18-3-1-2-4-19(18)26(23)24)12-15-5-8-17(9-6-15)28-13-16-7-10-20-21(11-16)30-14-29-20/h1-12H,13-14H2/b22-12-. The zero-order chi connectivity index (χ0) is 20.8. The number of ether oxygens (including phenoxy) is 3. The molecule has 2 aromatic heterocycles. The van der Waals surface area contributed by atoms with Crippen LogP contribution >= 0.6 is 11.3 Å². The Morgan fingerprint density at radius 3 is 2.77 bits per heavy atom. The van der Waals surface area contributed by atoms with Crippen molar-refractivity contribution >= 4 is 33.4 Å². The highest BCUT2D eigenvalue weighted by Crippen LogP contribution is 2.32. The summed E-state index contributed by atoms with van der Waals surface area (Å²) in [7, 11) is 0. The Balaban J connectivity index is 1.23. The fourth-order valence-corrected chi connectivity index (χ4v) is 4.61. The molecule has 0 unspecified atom stereocenters. The van der Waals surface area contributed by atoms with E-state index in [-0.39, 0.29) is 12.4 Å². The van der Waals surface area contributed by atoms with Crippen molar-refractivity contribution in [1.29, 1.82) is 0 Å². The lowest BCUT2D eigenvalue weighted by Crippen LogP contribution is -2.22. The molecule has 0 bridgehead atoms. The highest BCUT2D eigenvalue weighted by Gasteiger charge is 2.13. The van der Waals surface area contributed by atoms with Crippen molar-refractivity contribution in [1.82, 2.24) is 9.38 Å². The second kappa shape index (κ2) is 7.14. The van der Waals surface area contributed by atoms with Gasteiger partial charge in [0.2, 0.25) is 6.79 Å². The van der Waals surface area contributed by atoms with E-state index in [0.717, 1.165) is 39.4 Å². The van der Waals surface area contributed by atoms with E-state index in [1.54, 1.807) is 4.40 Å². The summed E-state index contributed by atoms with van der Waals surface area (Å²) in [4.78, 5) is 18.1. The number of aromatic nitrogens is 2. The molecule has 0 radical (unpaired) electrons. The molecule has 5 aromatic rings. The van der Waals surface area contributed by atoms with Crippen LogP contribution in [-0.2, 0) is 6.61 Å². The lowest BCUT2D eigenvalue weighted by atomic mass is 10.2. The predicted octanol–water partition coefficient (Wildman–Crippen LogP) is 3.76. The number of rotatable bonds is 4. The Bertz CT molecular complexity index is 1540. The van der Waals surface area contributed by atoms with E-state index in [2.05, 4.69) is 4.98 Å². The van der Waals surface area contributed by atoms with E-state index in [0.29, 0.717) is 16.1 Å². The zero-order valence-electron chi connectivity index (χ0n) is 16.3. The van der Waals surface area contributed by atoms with Gasteiger partial charge in [-0.25, -0.2) is 9.38 Å². The summed E-state index contributed by atoms with van der Waals surface area (Å²) < 4.78 is 18.9. The van der Waals surface area contributed by atoms with Crippen LogP contribution in [0.3, 0.4) is 0 Å². The minimum Gasteiger partial charge on any atom is -0.489 e. The van der Waals surface area contributed by atoms with Gasteiger partial charge < -0.3 is 14.2 Å². The van der Waals surface area contributed by atoms with E-state index in [9.17, 15) is 4.79 Å². The predicted molar refractivity (Wildman–Crippen MR) is 119 cm³/mol. The van der Waals surface area contributed by atoms with Crippen LogP contribution in [0.5, 0.6) is 17.2 Å². The van der Waals surface area contributed by atoms with E-state index in [1.807, 2.05) is 72.8 Å². The third kappa shape index (κ3) is 3.19. The third-order valence-corrected chi connectivity index (χ3v) is 6.13. The fraction of sp³-hybridized carbons (Fsp3) is 0.0833. The van der Waals surface area contributed by atoms with Crippen molar-refractivity contribution in [3.8, 4) is 17.2 Å². The molecule has 31 heavy (non-hydrogen) atoms. The topological polar surface area (TPSA) is 62.1 Å². The number of benzene rings is 3. The van der Waals surface area contributed by atoms with Crippen molar-refractivity contribution < 1.29 is 14.2 Å². The van der Waals surface area contributed by atoms with Crippen LogP contribution in [0.25, 0.3) is 22.1 Å². The maximum atomic E-state index is 12.9. The lowest BCUT2D eigenvalue weighted by molar-refractivity contribution is 0.174. The van der Waals surface area contributed by atoms with Gasteiger partial charge in [0.05, 0.1) is 15.6 Å². The Labute approximate surface area is 180 Å². The van der Waals surface area contributed by atoms with Crippen LogP contribution in [0.15, 0.2) is 71.5 Å². The van der Waals surface area contributed by atoms with Gasteiger partial charge in [-0.15, -0.1) is 0 Å². The summed E-state index contributed by atoms with van der Waals surface area (Å²) in [5, 5.41) is 0. The Hall–Kier alpha value is -3.84. The number of imidazole rings is 1. The normalized spacial score (nSPS) is 13.4. The van der Waals surface area contributed by atoms with Gasteiger partial charge in [0.15, 0.2) is 16.5 Å². The summed E-state index contributed by atoms with van der Waals surface area (Å²) in [5.41, 5.74) is 3.57. The van der Waals surface area contributed by atoms with Crippen LogP contribution in [0.1, 0.15) is 11.1 Å². The van der Waals surface area contributed by atoms with Gasteiger partial charge >= 0.3 is 0 Å². The minimum atomic E-state index is -0.0446. The molecule has 0 spiro atoms. The van der Waals surface area contributed by atoms with E-state index < -0.39 is 0 Å². The van der Waals surface area contributed by atoms with E-state index in [1.165, 1.54) is 11.3 Å². The van der Waals surface area contributed by atoms with Crippen molar-refractivity contribution in [2.45, 2.75) is 6.61 Å². The molecule has 0 saturated carbocycles. The molecule has 152 valence electrons. The average Bonchev–Trinajstić information content (AvgIpc) is 3.48. The number of hydrogen-bond acceptors (Lipinski definition) is 6. The Kier molecular flexibility index (Phi) is 4.14. The monoisotopic (exact) mass is 428 g/mol. The molecule has 0 amide bonds. The molecule has 0 aliphatic carbocycles. The largest absolute Gasteiger partial charge is 0.489 e. The van der Waals surface area contributed by atoms with Crippen molar-refractivity contribution in [3.63, 3.8) is 0 Å². The molecular formula is C24H16N2O4S. The van der Waals surface area contributed by atoms with Gasteiger partial charge in [-0.3, -0.25) is 4.79 Å². The Morgan fingerprint density at radius 2 is 1.87 bits per heavy atom. The van der Waals surface area contributed by atoms with Crippen LogP contribution in [0.4, 0.5) is 0 Å². The molecule has 1 aliphatic rings. The molecule has 0 saturated heterocycles. The summed E-state index contributed by atoms with van der Waals surface area (Å²) in [5.74, 6) is 2.26. The first-order valence-electron chi connectivity index (χ1n) is 9.78. The second-order valence-corrected chi connectivity index (χ2v) is 8.19. The quantitative estimate of drug-likeness (QED) is 0.436. The van der Waals surface area contributed by atoms with Gasteiger partial charge in [-0.05, 0) is 53.6 Å². The number of fused-ring (bicyclic) bond motifs is 4. The highest BCUT2D eigenvalue weighted by atomic mass is 32.1. The minimum absolute atomic E-state index is 0.0446. The van der Waals surface area contributed by atoms with Crippen LogP contribution < -0.4 is 24.3 Å². The summed E-state index contributed by atoms with van der Waals surface area (Å²) in [6.45, 7) is 0.689. The van der Waals surface area contributed by atoms with E-state index in [4.69, 9.17) is 14.2 Å². The molecule has 6 nitrogen and oxygen atoms in total. The number of para-hydroxylation sites is 2. The average molecular weight is 428 g/mol. The first-order chi connectivity index (χ1) is 15.2. The van der Waals surface area contributed by atoms with Crippen molar-refractivity contribution in [2.24, 2.45) is 0 Å². The summed E-state index contributed by atoms with van der Waals surface area (Å²) in [6.07, 6.45) is 1.89. The smallest absolute Gasteiger partial charge is 0.274 e. The molecule has 6 rings (SSSR count).